The van der Waals surface area contributed by atoms with Crippen molar-refractivity contribution in [2.24, 2.45) is 0 Å². The van der Waals surface area contributed by atoms with Gasteiger partial charge in [0, 0.05) is 36.1 Å². The van der Waals surface area contributed by atoms with E-state index in [-0.39, 0.29) is 0 Å². The van der Waals surface area contributed by atoms with Crippen LogP contribution in [0, 0.1) is 0 Å². The third-order valence-electron chi connectivity index (χ3n) is 7.85. The number of aryl methyl sites for hydroxylation is 4. The zero-order valence-corrected chi connectivity index (χ0v) is 22.8. The lowest BCUT2D eigenvalue weighted by Crippen LogP contribution is -2.33. The third-order valence-corrected chi connectivity index (χ3v) is 7.85. The van der Waals surface area contributed by atoms with E-state index in [0.29, 0.717) is 0 Å². The van der Waals surface area contributed by atoms with E-state index >= 15 is 0 Å². The largest absolute Gasteiger partial charge is 0.205 e. The summed E-state index contributed by atoms with van der Waals surface area (Å²) >= 11 is 0. The number of fused-ring (bicyclic) bond motifs is 4. The molecule has 0 radical (unpaired) electrons. The summed E-state index contributed by atoms with van der Waals surface area (Å²) in [4.78, 5) is 0. The first-order chi connectivity index (χ1) is 17.4. The van der Waals surface area contributed by atoms with Crippen LogP contribution in [0.15, 0.2) is 49.1 Å². The Labute approximate surface area is 217 Å². The molecule has 0 unspecified atom stereocenters. The van der Waals surface area contributed by atoms with Crippen molar-refractivity contribution in [2.75, 3.05) is 0 Å². The van der Waals surface area contributed by atoms with Gasteiger partial charge in [-0.2, -0.15) is 0 Å². The van der Waals surface area contributed by atoms with Crippen LogP contribution >= 0.6 is 0 Å². The minimum absolute atomic E-state index is 1.19. The fourth-order valence-electron chi connectivity index (χ4n) is 5.63. The number of hydrogen-bond donors (Lipinski definition) is 0. The van der Waals surface area contributed by atoms with E-state index in [1.54, 1.807) is 0 Å². The monoisotopic (exact) mass is 478 g/mol. The number of pyridine rings is 2. The van der Waals surface area contributed by atoms with Gasteiger partial charge in [-0.1, -0.05) is 83.5 Å². The predicted molar refractivity (Wildman–Crippen MR) is 148 cm³/mol. The minimum atomic E-state index is 1.19. The van der Waals surface area contributed by atoms with Gasteiger partial charge in [-0.05, 0) is 50.7 Å². The zero-order chi connectivity index (χ0) is 24.2. The molecule has 0 saturated carbocycles. The van der Waals surface area contributed by atoms with E-state index in [0.717, 1.165) is 0 Å². The Balaban J connectivity index is 1.38. The molecule has 3 heterocycles. The molecule has 0 spiro atoms. The van der Waals surface area contributed by atoms with Crippen molar-refractivity contribution in [2.45, 2.75) is 148 Å². The Hall–Kier alpha value is -1.70. The summed E-state index contributed by atoms with van der Waals surface area (Å²) in [6.07, 6.45) is 38.4. The fourth-order valence-corrected chi connectivity index (χ4v) is 5.63. The van der Waals surface area contributed by atoms with Crippen molar-refractivity contribution in [1.29, 1.82) is 0 Å². The normalized spacial score (nSPS) is 19.7. The molecule has 0 N–H and O–H groups in total. The highest BCUT2D eigenvalue weighted by atomic mass is 14.9. The smallest absolute Gasteiger partial charge is 0.171 e. The second-order valence-corrected chi connectivity index (χ2v) is 11.1. The van der Waals surface area contributed by atoms with Crippen LogP contribution in [0.2, 0.25) is 0 Å². The highest BCUT2D eigenvalue weighted by Crippen LogP contribution is 2.14. The molecule has 2 aromatic rings. The maximum Gasteiger partial charge on any atom is 0.171 e. The van der Waals surface area contributed by atoms with Gasteiger partial charge < -0.3 is 0 Å². The topological polar surface area (TPSA) is 7.76 Å². The number of rotatable bonds is 0. The molecule has 3 rings (SSSR count). The molecule has 0 saturated heterocycles. The first kappa shape index (κ1) is 27.9. The van der Waals surface area contributed by atoms with E-state index in [9.17, 15) is 0 Å². The zero-order valence-electron chi connectivity index (χ0n) is 22.8. The standard InChI is InChI=1S/C33H54N2/c1-2-5-9-13-17-23-33-25-21-29-35(31-33)27-19-15-11-7-3-6-10-14-18-26-34-28-20-24-32(30-34)22-16-12-8-4-1/h20-21,24-25,28-31H,1-19,22-23,26-27H2/q+2. The summed E-state index contributed by atoms with van der Waals surface area (Å²) in [6, 6.07) is 9.16. The van der Waals surface area contributed by atoms with Crippen LogP contribution in [0.5, 0.6) is 0 Å². The Bertz CT molecular complexity index is 719. The molecule has 0 aromatic carbocycles. The van der Waals surface area contributed by atoms with Crippen LogP contribution in [0.1, 0.15) is 133 Å². The average molecular weight is 479 g/mol. The summed E-state index contributed by atoms with van der Waals surface area (Å²) in [7, 11) is 0. The van der Waals surface area contributed by atoms with E-state index in [1.165, 1.54) is 159 Å². The highest BCUT2D eigenvalue weighted by Gasteiger charge is 2.05. The summed E-state index contributed by atoms with van der Waals surface area (Å²) in [5.74, 6) is 0. The van der Waals surface area contributed by atoms with Crippen molar-refractivity contribution >= 4 is 0 Å². The van der Waals surface area contributed by atoms with Gasteiger partial charge in [-0.25, -0.2) is 9.13 Å². The van der Waals surface area contributed by atoms with Gasteiger partial charge in [-0.3, -0.25) is 0 Å². The summed E-state index contributed by atoms with van der Waals surface area (Å²) < 4.78 is 4.86. The first-order valence-corrected chi connectivity index (χ1v) is 15.4. The molecule has 0 amide bonds. The Kier molecular flexibility index (Phi) is 14.8. The molecule has 0 fully saturated rings. The van der Waals surface area contributed by atoms with Crippen LogP contribution < -0.4 is 9.13 Å². The molecule has 35 heavy (non-hydrogen) atoms. The molecule has 1 aliphatic rings. The quantitative estimate of drug-likeness (QED) is 0.335. The molecular formula is C33H54N2+2. The average Bonchev–Trinajstić information content (AvgIpc) is 2.88. The minimum Gasteiger partial charge on any atom is -0.205 e. The molecular weight excluding hydrogens is 424 g/mol. The van der Waals surface area contributed by atoms with E-state index in [2.05, 4.69) is 58.2 Å². The van der Waals surface area contributed by atoms with E-state index < -0.39 is 0 Å². The summed E-state index contributed by atoms with van der Waals surface area (Å²) in [6.45, 7) is 2.37. The molecule has 4 bridgehead atoms. The Morgan fingerprint density at radius 3 is 1.06 bits per heavy atom. The van der Waals surface area contributed by atoms with Gasteiger partial charge in [0.25, 0.3) is 0 Å². The number of nitrogens with zero attached hydrogens (tertiary/aromatic N) is 2. The van der Waals surface area contributed by atoms with Crippen LogP contribution in [-0.4, -0.2) is 0 Å². The molecule has 1 aliphatic heterocycles. The van der Waals surface area contributed by atoms with Crippen molar-refractivity contribution in [3.05, 3.63) is 60.2 Å². The maximum absolute atomic E-state index is 2.43. The molecule has 0 atom stereocenters. The molecule has 2 heteroatoms. The second kappa shape index (κ2) is 18.6. The van der Waals surface area contributed by atoms with Gasteiger partial charge >= 0.3 is 0 Å². The predicted octanol–water partition coefficient (Wildman–Crippen LogP) is 8.47. The molecule has 2 aromatic heterocycles. The van der Waals surface area contributed by atoms with Crippen LogP contribution in [0.4, 0.5) is 0 Å². The van der Waals surface area contributed by atoms with Crippen molar-refractivity contribution < 1.29 is 9.13 Å². The first-order valence-electron chi connectivity index (χ1n) is 15.4. The number of hydrogen-bond acceptors (Lipinski definition) is 0. The van der Waals surface area contributed by atoms with E-state index in [4.69, 9.17) is 0 Å². The Morgan fingerprint density at radius 1 is 0.371 bits per heavy atom. The SMILES string of the molecule is c1cc2c[n+](c1)CCCCCCCCCCC[n+]1cccc(c1)CCCCCCCCCCCC2. The summed E-state index contributed by atoms with van der Waals surface area (Å²) in [5, 5.41) is 0. The van der Waals surface area contributed by atoms with Crippen LogP contribution in [0.3, 0.4) is 0 Å². The fraction of sp³-hybridized carbons (Fsp3) is 0.697. The van der Waals surface area contributed by atoms with Crippen LogP contribution in [0.25, 0.3) is 0 Å². The molecule has 0 aliphatic carbocycles. The number of aromatic nitrogens is 2. The maximum atomic E-state index is 2.43. The van der Waals surface area contributed by atoms with Crippen molar-refractivity contribution in [3.63, 3.8) is 0 Å². The Morgan fingerprint density at radius 2 is 0.686 bits per heavy atom. The lowest BCUT2D eigenvalue weighted by atomic mass is 10.0. The lowest BCUT2D eigenvalue weighted by Gasteiger charge is -2.04. The van der Waals surface area contributed by atoms with E-state index in [1.807, 2.05) is 0 Å². The van der Waals surface area contributed by atoms with Crippen LogP contribution in [-0.2, 0) is 25.9 Å². The van der Waals surface area contributed by atoms with Gasteiger partial charge in [0.15, 0.2) is 24.8 Å². The van der Waals surface area contributed by atoms with Crippen molar-refractivity contribution in [1.82, 2.24) is 0 Å². The lowest BCUT2D eigenvalue weighted by molar-refractivity contribution is -0.697. The highest BCUT2D eigenvalue weighted by molar-refractivity contribution is 5.05. The van der Waals surface area contributed by atoms with Gasteiger partial charge in [0.1, 0.15) is 13.1 Å². The second-order valence-electron chi connectivity index (χ2n) is 11.1. The van der Waals surface area contributed by atoms with Crippen molar-refractivity contribution in [3.8, 4) is 0 Å². The van der Waals surface area contributed by atoms with Gasteiger partial charge in [0.2, 0.25) is 0 Å². The summed E-state index contributed by atoms with van der Waals surface area (Å²) in [5.41, 5.74) is 3.06. The molecule has 2 nitrogen and oxygen atoms in total. The van der Waals surface area contributed by atoms with Gasteiger partial charge in [0.05, 0.1) is 0 Å². The van der Waals surface area contributed by atoms with Gasteiger partial charge in [-0.15, -0.1) is 0 Å². The third kappa shape index (κ3) is 13.3. The molecule has 194 valence electrons.